The van der Waals surface area contributed by atoms with Crippen molar-refractivity contribution in [2.24, 2.45) is 5.41 Å². The van der Waals surface area contributed by atoms with Crippen molar-refractivity contribution in [2.45, 2.75) is 17.7 Å². The van der Waals surface area contributed by atoms with Gasteiger partial charge in [-0.15, -0.1) is 0 Å². The molecule has 98 valence electrons. The predicted octanol–water partition coefficient (Wildman–Crippen LogP) is 1.48. The predicted molar refractivity (Wildman–Crippen MR) is 65.9 cm³/mol. The number of nitrogens with one attached hydrogen (secondary N) is 1. The van der Waals surface area contributed by atoms with Gasteiger partial charge < -0.3 is 5.11 Å². The Bertz CT molecular complexity index is 563. The van der Waals surface area contributed by atoms with E-state index >= 15 is 0 Å². The van der Waals surface area contributed by atoms with Gasteiger partial charge in [-0.3, -0.25) is 4.79 Å². The highest BCUT2D eigenvalue weighted by molar-refractivity contribution is 7.89. The third-order valence-corrected chi connectivity index (χ3v) is 4.70. The van der Waals surface area contributed by atoms with E-state index in [1.165, 1.54) is 24.3 Å². The van der Waals surface area contributed by atoms with Crippen molar-refractivity contribution in [3.63, 3.8) is 0 Å². The molecule has 1 saturated carbocycles. The molecule has 1 aromatic rings. The number of carbonyl (C=O) groups is 1. The first-order chi connectivity index (χ1) is 8.36. The molecule has 0 aliphatic heterocycles. The molecule has 0 atom stereocenters. The summed E-state index contributed by atoms with van der Waals surface area (Å²) in [6, 6.07) is 5.70. The summed E-state index contributed by atoms with van der Waals surface area (Å²) in [5, 5.41) is 9.40. The molecule has 7 heteroatoms. The molecular formula is C11H12ClNO4S. The van der Waals surface area contributed by atoms with Crippen LogP contribution in [0.4, 0.5) is 0 Å². The lowest BCUT2D eigenvalue weighted by Crippen LogP contribution is -2.34. The van der Waals surface area contributed by atoms with Gasteiger partial charge in [0.25, 0.3) is 0 Å². The molecule has 1 aliphatic carbocycles. The van der Waals surface area contributed by atoms with E-state index < -0.39 is 21.4 Å². The molecule has 0 radical (unpaired) electrons. The van der Waals surface area contributed by atoms with Crippen molar-refractivity contribution in [1.82, 2.24) is 4.72 Å². The minimum Gasteiger partial charge on any atom is -0.481 e. The van der Waals surface area contributed by atoms with Crippen LogP contribution < -0.4 is 4.72 Å². The van der Waals surface area contributed by atoms with E-state index in [-0.39, 0.29) is 11.4 Å². The Labute approximate surface area is 110 Å². The molecule has 0 heterocycles. The van der Waals surface area contributed by atoms with Crippen molar-refractivity contribution >= 4 is 27.6 Å². The number of hydrogen-bond acceptors (Lipinski definition) is 3. The first-order valence-electron chi connectivity index (χ1n) is 5.34. The van der Waals surface area contributed by atoms with Gasteiger partial charge in [-0.1, -0.05) is 11.6 Å². The maximum absolute atomic E-state index is 11.9. The molecule has 1 fully saturated rings. The molecule has 1 aromatic carbocycles. The van der Waals surface area contributed by atoms with E-state index in [1.807, 2.05) is 0 Å². The van der Waals surface area contributed by atoms with E-state index in [2.05, 4.69) is 4.72 Å². The van der Waals surface area contributed by atoms with Crippen LogP contribution in [0, 0.1) is 5.41 Å². The second-order valence-electron chi connectivity index (χ2n) is 4.36. The fourth-order valence-corrected chi connectivity index (χ4v) is 2.80. The molecular weight excluding hydrogens is 278 g/mol. The van der Waals surface area contributed by atoms with Crippen molar-refractivity contribution in [1.29, 1.82) is 0 Å². The second kappa shape index (κ2) is 4.53. The van der Waals surface area contributed by atoms with Crippen LogP contribution in [0.3, 0.4) is 0 Å². The number of aliphatic carboxylic acids is 1. The maximum Gasteiger partial charge on any atom is 0.310 e. The molecule has 0 bridgehead atoms. The highest BCUT2D eigenvalue weighted by Crippen LogP contribution is 2.45. The summed E-state index contributed by atoms with van der Waals surface area (Å²) >= 11 is 5.67. The number of benzene rings is 1. The molecule has 2 rings (SSSR count). The molecule has 0 unspecified atom stereocenters. The Morgan fingerprint density at radius 2 is 1.89 bits per heavy atom. The molecule has 0 spiro atoms. The summed E-state index contributed by atoms with van der Waals surface area (Å²) < 4.78 is 26.1. The van der Waals surface area contributed by atoms with Gasteiger partial charge in [-0.25, -0.2) is 13.1 Å². The molecule has 0 aromatic heterocycles. The highest BCUT2D eigenvalue weighted by Gasteiger charge is 2.50. The third-order valence-electron chi connectivity index (χ3n) is 3.03. The zero-order chi connectivity index (χ0) is 13.4. The van der Waals surface area contributed by atoms with Crippen LogP contribution in [0.25, 0.3) is 0 Å². The topological polar surface area (TPSA) is 83.5 Å². The van der Waals surface area contributed by atoms with Crippen LogP contribution in [0.5, 0.6) is 0 Å². The second-order valence-corrected chi connectivity index (χ2v) is 6.57. The van der Waals surface area contributed by atoms with E-state index in [4.69, 9.17) is 16.7 Å². The van der Waals surface area contributed by atoms with Crippen LogP contribution in [0.15, 0.2) is 29.2 Å². The molecule has 18 heavy (non-hydrogen) atoms. The monoisotopic (exact) mass is 289 g/mol. The van der Waals surface area contributed by atoms with Crippen LogP contribution in [-0.4, -0.2) is 26.0 Å². The molecule has 2 N–H and O–H groups in total. The minimum atomic E-state index is -3.68. The number of rotatable bonds is 5. The number of hydrogen-bond donors (Lipinski definition) is 2. The lowest BCUT2D eigenvalue weighted by molar-refractivity contribution is -0.143. The zero-order valence-corrected chi connectivity index (χ0v) is 11.0. The third kappa shape index (κ3) is 2.66. The fraction of sp³-hybridized carbons (Fsp3) is 0.364. The smallest absolute Gasteiger partial charge is 0.310 e. The summed E-state index contributed by atoms with van der Waals surface area (Å²) in [6.45, 7) is -0.0761. The van der Waals surface area contributed by atoms with Gasteiger partial charge in [0.05, 0.1) is 10.3 Å². The Balaban J connectivity index is 2.09. The van der Waals surface area contributed by atoms with E-state index in [9.17, 15) is 13.2 Å². The van der Waals surface area contributed by atoms with Gasteiger partial charge in [0.15, 0.2) is 0 Å². The molecule has 5 nitrogen and oxygen atoms in total. The number of sulfonamides is 1. The summed E-state index contributed by atoms with van der Waals surface area (Å²) in [5.41, 5.74) is -0.917. The lowest BCUT2D eigenvalue weighted by Gasteiger charge is -2.11. The minimum absolute atomic E-state index is 0.0761. The van der Waals surface area contributed by atoms with E-state index in [0.717, 1.165) is 0 Å². The average molecular weight is 290 g/mol. The Hall–Kier alpha value is -1.11. The van der Waals surface area contributed by atoms with Crippen LogP contribution in [-0.2, 0) is 14.8 Å². The summed E-state index contributed by atoms with van der Waals surface area (Å²) in [6.07, 6.45) is 1.01. The van der Waals surface area contributed by atoms with Crippen LogP contribution in [0.2, 0.25) is 5.02 Å². The van der Waals surface area contributed by atoms with Gasteiger partial charge in [0.2, 0.25) is 10.0 Å². The van der Waals surface area contributed by atoms with Crippen molar-refractivity contribution in [2.75, 3.05) is 6.54 Å². The van der Waals surface area contributed by atoms with Crippen LogP contribution in [0.1, 0.15) is 12.8 Å². The summed E-state index contributed by atoms with van der Waals surface area (Å²) in [4.78, 5) is 11.0. The quantitative estimate of drug-likeness (QED) is 0.860. The van der Waals surface area contributed by atoms with E-state index in [0.29, 0.717) is 17.9 Å². The number of carboxylic acids is 1. The summed E-state index contributed by atoms with van der Waals surface area (Å²) in [7, 11) is -3.68. The highest BCUT2D eigenvalue weighted by atomic mass is 35.5. The van der Waals surface area contributed by atoms with Crippen molar-refractivity contribution < 1.29 is 18.3 Å². The average Bonchev–Trinajstić information content (AvgIpc) is 3.08. The van der Waals surface area contributed by atoms with Gasteiger partial charge >= 0.3 is 5.97 Å². The lowest BCUT2D eigenvalue weighted by atomic mass is 10.1. The molecule has 0 amide bonds. The van der Waals surface area contributed by atoms with Crippen LogP contribution >= 0.6 is 11.6 Å². The first kappa shape index (κ1) is 13.3. The standard InChI is InChI=1S/C11H12ClNO4S/c12-8-1-3-9(4-2-8)18(16,17)13-7-11(5-6-11)10(14)15/h1-4,13H,5-7H2,(H,14,15). The van der Waals surface area contributed by atoms with Crippen molar-refractivity contribution in [3.05, 3.63) is 29.3 Å². The van der Waals surface area contributed by atoms with Gasteiger partial charge in [0.1, 0.15) is 0 Å². The Morgan fingerprint density at radius 1 is 1.33 bits per heavy atom. The van der Waals surface area contributed by atoms with Gasteiger partial charge in [-0.2, -0.15) is 0 Å². The maximum atomic E-state index is 11.9. The van der Waals surface area contributed by atoms with Gasteiger partial charge in [-0.05, 0) is 37.1 Å². The largest absolute Gasteiger partial charge is 0.481 e. The normalized spacial score (nSPS) is 17.4. The molecule has 0 saturated heterocycles. The Kier molecular flexibility index (Phi) is 3.35. The van der Waals surface area contributed by atoms with Crippen molar-refractivity contribution in [3.8, 4) is 0 Å². The fourth-order valence-electron chi connectivity index (χ4n) is 1.55. The summed E-state index contributed by atoms with van der Waals surface area (Å²) in [5.74, 6) is -0.957. The zero-order valence-electron chi connectivity index (χ0n) is 9.39. The SMILES string of the molecule is O=C(O)C1(CNS(=O)(=O)c2ccc(Cl)cc2)CC1. The Morgan fingerprint density at radius 3 is 2.33 bits per heavy atom. The molecule has 1 aliphatic rings. The first-order valence-corrected chi connectivity index (χ1v) is 7.21. The number of halogens is 1. The van der Waals surface area contributed by atoms with E-state index in [1.54, 1.807) is 0 Å². The van der Waals surface area contributed by atoms with Gasteiger partial charge in [0, 0.05) is 11.6 Å². The number of carboxylic acid groups (broad SMARTS) is 1.